The van der Waals surface area contributed by atoms with E-state index in [1.165, 1.54) is 12.1 Å². The van der Waals surface area contributed by atoms with Crippen molar-refractivity contribution in [3.05, 3.63) is 89.0 Å². The molecule has 0 saturated carbocycles. The summed E-state index contributed by atoms with van der Waals surface area (Å²) in [7, 11) is -3.97. The number of nitrogen functional groups attached to an aromatic ring is 1. The van der Waals surface area contributed by atoms with Crippen LogP contribution in [0.1, 0.15) is 16.7 Å². The number of sulfonamides is 1. The van der Waals surface area contributed by atoms with Gasteiger partial charge in [0.25, 0.3) is 10.0 Å². The highest BCUT2D eigenvalue weighted by molar-refractivity contribution is 7.92. The Labute approximate surface area is 167 Å². The van der Waals surface area contributed by atoms with Crippen molar-refractivity contribution in [1.82, 2.24) is 0 Å². The number of benzene rings is 3. The summed E-state index contributed by atoms with van der Waals surface area (Å²) in [5.74, 6) is -0.949. The van der Waals surface area contributed by atoms with Gasteiger partial charge in [-0.25, -0.2) is 17.2 Å². The molecule has 0 aliphatic carbocycles. The van der Waals surface area contributed by atoms with Gasteiger partial charge in [0.1, 0.15) is 16.5 Å². The molecule has 0 unspecified atom stereocenters. The molecule has 0 fully saturated rings. The monoisotopic (exact) mass is 413 g/mol. The summed E-state index contributed by atoms with van der Waals surface area (Å²) in [5, 5.41) is 0. The number of anilines is 2. The lowest BCUT2D eigenvalue weighted by atomic mass is 9.93. The number of hydrogen-bond donors (Lipinski definition) is 2. The number of nitrogens with zero attached hydrogens (tertiary/aromatic N) is 1. The molecule has 0 radical (unpaired) electrons. The highest BCUT2D eigenvalue weighted by Gasteiger charge is 2.19. The van der Waals surface area contributed by atoms with Gasteiger partial charge in [-0.3, -0.25) is 9.71 Å². The van der Waals surface area contributed by atoms with E-state index in [2.05, 4.69) is 9.71 Å². The third kappa shape index (κ3) is 3.84. The Bertz CT molecular complexity index is 1220. The first kappa shape index (κ1) is 19.1. The van der Waals surface area contributed by atoms with Crippen LogP contribution >= 0.6 is 0 Å². The number of rotatable bonds is 4. The van der Waals surface area contributed by atoms with Crippen LogP contribution in [0.4, 0.5) is 20.2 Å². The Balaban J connectivity index is 1.61. The second-order valence-electron chi connectivity index (χ2n) is 6.65. The van der Waals surface area contributed by atoms with Crippen molar-refractivity contribution in [1.29, 1.82) is 0 Å². The minimum atomic E-state index is -3.97. The highest BCUT2D eigenvalue weighted by atomic mass is 32.2. The van der Waals surface area contributed by atoms with Gasteiger partial charge in [0, 0.05) is 23.4 Å². The molecule has 4 rings (SSSR count). The van der Waals surface area contributed by atoms with Crippen LogP contribution in [0.15, 0.2) is 70.6 Å². The Morgan fingerprint density at radius 3 is 2.34 bits per heavy atom. The fourth-order valence-electron chi connectivity index (χ4n) is 3.28. The highest BCUT2D eigenvalue weighted by Crippen LogP contribution is 2.25. The summed E-state index contributed by atoms with van der Waals surface area (Å²) >= 11 is 0. The van der Waals surface area contributed by atoms with E-state index < -0.39 is 15.8 Å². The summed E-state index contributed by atoms with van der Waals surface area (Å²) in [6.07, 6.45) is 0.746. The SMILES string of the molecule is Nc1cc(F)ccc1S(=O)(=O)Nc1ccc(C2=NCCc3ccc(F)cc32)cc1. The normalized spacial score (nSPS) is 13.5. The fourth-order valence-corrected chi connectivity index (χ4v) is 4.45. The molecule has 3 aromatic rings. The average Bonchev–Trinajstić information content (AvgIpc) is 2.67. The molecule has 0 atom stereocenters. The quantitative estimate of drug-likeness (QED) is 0.639. The van der Waals surface area contributed by atoms with Crippen LogP contribution in [0.5, 0.6) is 0 Å². The second kappa shape index (κ2) is 7.29. The Kier molecular flexibility index (Phi) is 4.79. The van der Waals surface area contributed by atoms with Crippen LogP contribution in [0.2, 0.25) is 0 Å². The first-order chi connectivity index (χ1) is 13.8. The fraction of sp³-hybridized carbons (Fsp3) is 0.0952. The summed E-state index contributed by atoms with van der Waals surface area (Å²) in [6.45, 7) is 0.603. The van der Waals surface area contributed by atoms with Gasteiger partial charge in [0.15, 0.2) is 0 Å². The maximum absolute atomic E-state index is 13.7. The van der Waals surface area contributed by atoms with E-state index in [1.807, 2.05) is 0 Å². The minimum Gasteiger partial charge on any atom is -0.398 e. The number of hydrogen-bond acceptors (Lipinski definition) is 4. The van der Waals surface area contributed by atoms with Crippen molar-refractivity contribution < 1.29 is 17.2 Å². The largest absolute Gasteiger partial charge is 0.398 e. The molecule has 1 aliphatic rings. The van der Waals surface area contributed by atoms with Crippen LogP contribution < -0.4 is 10.5 Å². The molecule has 0 aromatic heterocycles. The van der Waals surface area contributed by atoms with Gasteiger partial charge in [-0.15, -0.1) is 0 Å². The number of nitrogens with one attached hydrogen (secondary N) is 1. The molecule has 0 saturated heterocycles. The first-order valence-corrected chi connectivity index (χ1v) is 10.3. The van der Waals surface area contributed by atoms with Crippen LogP contribution in [-0.2, 0) is 16.4 Å². The van der Waals surface area contributed by atoms with Gasteiger partial charge in [0.05, 0.1) is 11.4 Å². The lowest BCUT2D eigenvalue weighted by molar-refractivity contribution is 0.600. The van der Waals surface area contributed by atoms with Crippen molar-refractivity contribution in [3.63, 3.8) is 0 Å². The summed E-state index contributed by atoms with van der Waals surface area (Å²) in [5.41, 5.74) is 8.95. The first-order valence-electron chi connectivity index (χ1n) is 8.85. The summed E-state index contributed by atoms with van der Waals surface area (Å²) in [4.78, 5) is 4.31. The van der Waals surface area contributed by atoms with E-state index in [-0.39, 0.29) is 16.4 Å². The van der Waals surface area contributed by atoms with E-state index in [0.717, 1.165) is 41.3 Å². The van der Waals surface area contributed by atoms with Gasteiger partial charge < -0.3 is 5.73 Å². The summed E-state index contributed by atoms with van der Waals surface area (Å²) < 4.78 is 54.4. The van der Waals surface area contributed by atoms with Crippen molar-refractivity contribution in [3.8, 4) is 0 Å². The third-order valence-corrected chi connectivity index (χ3v) is 6.11. The topological polar surface area (TPSA) is 84.5 Å². The van der Waals surface area contributed by atoms with E-state index in [9.17, 15) is 17.2 Å². The van der Waals surface area contributed by atoms with E-state index in [1.54, 1.807) is 30.3 Å². The Hall–Kier alpha value is -3.26. The van der Waals surface area contributed by atoms with Gasteiger partial charge in [-0.2, -0.15) is 0 Å². The molecule has 29 heavy (non-hydrogen) atoms. The van der Waals surface area contributed by atoms with Crippen LogP contribution in [0, 0.1) is 11.6 Å². The van der Waals surface area contributed by atoms with Gasteiger partial charge in [-0.1, -0.05) is 18.2 Å². The standard InChI is InChI=1S/C21H17F2N3O2S/c22-15-4-1-13-9-10-25-21(18(13)11-15)14-2-6-17(7-3-14)26-29(27,28)20-8-5-16(23)12-19(20)24/h1-8,11-12,26H,9-10,24H2. The summed E-state index contributed by atoms with van der Waals surface area (Å²) in [6, 6.07) is 14.3. The molecule has 0 spiro atoms. The number of aliphatic imine (C=N–C) groups is 1. The Morgan fingerprint density at radius 2 is 1.62 bits per heavy atom. The lowest BCUT2D eigenvalue weighted by Crippen LogP contribution is -2.16. The Morgan fingerprint density at radius 1 is 0.931 bits per heavy atom. The zero-order valence-corrected chi connectivity index (χ0v) is 16.0. The average molecular weight is 413 g/mol. The molecule has 1 aliphatic heterocycles. The molecular weight excluding hydrogens is 396 g/mol. The van der Waals surface area contributed by atoms with E-state index in [0.29, 0.717) is 17.9 Å². The van der Waals surface area contributed by atoms with E-state index >= 15 is 0 Å². The maximum Gasteiger partial charge on any atom is 0.263 e. The van der Waals surface area contributed by atoms with Crippen molar-refractivity contribution in [2.75, 3.05) is 17.0 Å². The van der Waals surface area contributed by atoms with Crippen LogP contribution in [0.25, 0.3) is 0 Å². The molecule has 0 bridgehead atoms. The predicted molar refractivity (Wildman–Crippen MR) is 109 cm³/mol. The van der Waals surface area contributed by atoms with Crippen molar-refractivity contribution in [2.45, 2.75) is 11.3 Å². The van der Waals surface area contributed by atoms with Crippen LogP contribution in [0.3, 0.4) is 0 Å². The van der Waals surface area contributed by atoms with E-state index in [4.69, 9.17) is 5.73 Å². The van der Waals surface area contributed by atoms with Gasteiger partial charge >= 0.3 is 0 Å². The minimum absolute atomic E-state index is 0.177. The predicted octanol–water partition coefficient (Wildman–Crippen LogP) is 3.74. The number of fused-ring (bicyclic) bond motifs is 1. The molecular formula is C21H17F2N3O2S. The third-order valence-electron chi connectivity index (χ3n) is 4.65. The van der Waals surface area contributed by atoms with Gasteiger partial charge in [-0.05, 0) is 54.4 Å². The zero-order chi connectivity index (χ0) is 20.6. The smallest absolute Gasteiger partial charge is 0.263 e. The molecule has 0 amide bonds. The molecule has 5 nitrogen and oxygen atoms in total. The molecule has 148 valence electrons. The molecule has 3 N–H and O–H groups in total. The van der Waals surface area contributed by atoms with Gasteiger partial charge in [0.2, 0.25) is 0 Å². The number of nitrogens with two attached hydrogens (primary N) is 1. The van der Waals surface area contributed by atoms with Crippen molar-refractivity contribution >= 4 is 27.1 Å². The maximum atomic E-state index is 13.7. The molecule has 3 aromatic carbocycles. The molecule has 1 heterocycles. The van der Waals surface area contributed by atoms with Crippen molar-refractivity contribution in [2.24, 2.45) is 4.99 Å². The molecule has 8 heteroatoms. The second-order valence-corrected chi connectivity index (χ2v) is 8.30. The zero-order valence-electron chi connectivity index (χ0n) is 15.2. The van der Waals surface area contributed by atoms with Crippen LogP contribution in [-0.4, -0.2) is 20.7 Å². The number of halogens is 2. The lowest BCUT2D eigenvalue weighted by Gasteiger charge is -2.17.